The molecule has 8 heteroatoms. The molecule has 0 bridgehead atoms. The Kier molecular flexibility index (Phi) is 7.58. The zero-order chi connectivity index (χ0) is 24.0. The number of aliphatic carboxylic acids is 1. The van der Waals surface area contributed by atoms with Crippen LogP contribution in [0.15, 0.2) is 48.5 Å². The minimum atomic E-state index is -1.17. The van der Waals surface area contributed by atoms with Crippen LogP contribution in [0.25, 0.3) is 11.1 Å². The van der Waals surface area contributed by atoms with E-state index in [1.807, 2.05) is 48.5 Å². The molecule has 0 spiro atoms. The van der Waals surface area contributed by atoms with Gasteiger partial charge in [-0.25, -0.2) is 14.4 Å². The maximum atomic E-state index is 12.3. The summed E-state index contributed by atoms with van der Waals surface area (Å²) in [5.74, 6) is -1.27. The van der Waals surface area contributed by atoms with Gasteiger partial charge in [-0.3, -0.25) is 0 Å². The molecule has 2 amide bonds. The third-order valence-electron chi connectivity index (χ3n) is 5.27. The number of carbonyl (C=O) groups is 3. The Bertz CT molecular complexity index is 968. The lowest BCUT2D eigenvalue weighted by Crippen LogP contribution is -2.42. The maximum Gasteiger partial charge on any atom is 0.407 e. The molecule has 3 N–H and O–H groups in total. The molecule has 8 nitrogen and oxygen atoms in total. The summed E-state index contributed by atoms with van der Waals surface area (Å²) in [6, 6.07) is 14.8. The second kappa shape index (κ2) is 10.4. The average molecular weight is 455 g/mol. The van der Waals surface area contributed by atoms with E-state index in [9.17, 15) is 19.5 Å². The van der Waals surface area contributed by atoms with Gasteiger partial charge in [0.25, 0.3) is 0 Å². The van der Waals surface area contributed by atoms with E-state index in [0.717, 1.165) is 22.3 Å². The zero-order valence-electron chi connectivity index (χ0n) is 19.1. The van der Waals surface area contributed by atoms with Gasteiger partial charge in [-0.15, -0.1) is 0 Å². The van der Waals surface area contributed by atoms with Crippen molar-refractivity contribution in [3.05, 3.63) is 59.7 Å². The monoisotopic (exact) mass is 454 g/mol. The summed E-state index contributed by atoms with van der Waals surface area (Å²) in [5, 5.41) is 14.4. The highest BCUT2D eigenvalue weighted by molar-refractivity contribution is 5.81. The standard InChI is InChI=1S/C25H30N2O6/c1-25(2,3)33-23(30)26-14-8-13-21(22(28)29)27-24(31)32-15-20-18-11-6-4-9-16(18)17-10-5-7-12-19(17)20/h4-7,9-12,20-21H,8,13-15H2,1-3H3,(H,26,30)(H,27,31)(H,28,29)/t21-/m1/s1. The normalized spacial score (nSPS) is 13.4. The Balaban J connectivity index is 1.50. The van der Waals surface area contributed by atoms with Gasteiger partial charge >= 0.3 is 18.2 Å². The third kappa shape index (κ3) is 6.47. The van der Waals surface area contributed by atoms with E-state index in [-0.39, 0.29) is 25.5 Å². The number of carboxylic acid groups (broad SMARTS) is 1. The number of amides is 2. The van der Waals surface area contributed by atoms with Crippen LogP contribution >= 0.6 is 0 Å². The van der Waals surface area contributed by atoms with Crippen molar-refractivity contribution in [1.82, 2.24) is 10.6 Å². The highest BCUT2D eigenvalue weighted by Crippen LogP contribution is 2.44. The number of nitrogens with one attached hydrogen (secondary N) is 2. The van der Waals surface area contributed by atoms with E-state index in [1.165, 1.54) is 0 Å². The molecule has 0 saturated heterocycles. The van der Waals surface area contributed by atoms with E-state index in [0.29, 0.717) is 6.42 Å². The first-order valence-electron chi connectivity index (χ1n) is 11.0. The van der Waals surface area contributed by atoms with Crippen LogP contribution in [0.2, 0.25) is 0 Å². The molecule has 1 aliphatic rings. The second-order valence-corrected chi connectivity index (χ2v) is 8.93. The number of hydrogen-bond acceptors (Lipinski definition) is 5. The van der Waals surface area contributed by atoms with E-state index in [2.05, 4.69) is 10.6 Å². The number of alkyl carbamates (subject to hydrolysis) is 2. The Labute approximate surface area is 193 Å². The number of carbonyl (C=O) groups excluding carboxylic acids is 2. The molecule has 2 aromatic rings. The lowest BCUT2D eigenvalue weighted by molar-refractivity contribution is -0.139. The Morgan fingerprint density at radius 1 is 0.970 bits per heavy atom. The molecule has 0 aromatic heterocycles. The molecule has 1 atom stereocenters. The van der Waals surface area contributed by atoms with E-state index < -0.39 is 29.8 Å². The summed E-state index contributed by atoms with van der Waals surface area (Å²) in [7, 11) is 0. The van der Waals surface area contributed by atoms with Gasteiger partial charge in [0.2, 0.25) is 0 Å². The van der Waals surface area contributed by atoms with Crippen molar-refractivity contribution in [3.8, 4) is 11.1 Å². The van der Waals surface area contributed by atoms with Gasteiger partial charge in [0.05, 0.1) is 0 Å². The molecule has 0 saturated carbocycles. The summed E-state index contributed by atoms with van der Waals surface area (Å²) in [6.45, 7) is 5.60. The average Bonchev–Trinajstić information content (AvgIpc) is 3.07. The van der Waals surface area contributed by atoms with Gasteiger partial charge in [-0.1, -0.05) is 48.5 Å². The zero-order valence-corrected chi connectivity index (χ0v) is 19.1. The number of carboxylic acids is 1. The van der Waals surface area contributed by atoms with Crippen molar-refractivity contribution in [1.29, 1.82) is 0 Å². The van der Waals surface area contributed by atoms with E-state index in [4.69, 9.17) is 9.47 Å². The molecule has 0 fully saturated rings. The SMILES string of the molecule is CC(C)(C)OC(=O)NCCC[C@@H](NC(=O)OCC1c2ccccc2-c2ccccc21)C(=O)O. The summed E-state index contributed by atoms with van der Waals surface area (Å²) >= 11 is 0. The summed E-state index contributed by atoms with van der Waals surface area (Å²) in [6.07, 6.45) is -0.877. The van der Waals surface area contributed by atoms with Crippen molar-refractivity contribution in [3.63, 3.8) is 0 Å². The first kappa shape index (κ1) is 24.1. The minimum Gasteiger partial charge on any atom is -0.480 e. The van der Waals surface area contributed by atoms with Crippen molar-refractivity contribution in [2.24, 2.45) is 0 Å². The molecule has 0 radical (unpaired) electrons. The highest BCUT2D eigenvalue weighted by atomic mass is 16.6. The predicted octanol–water partition coefficient (Wildman–Crippen LogP) is 4.28. The molecular weight excluding hydrogens is 424 g/mol. The fraction of sp³-hybridized carbons (Fsp3) is 0.400. The van der Waals surface area contributed by atoms with Gasteiger partial charge in [0.1, 0.15) is 18.2 Å². The Morgan fingerprint density at radius 3 is 2.09 bits per heavy atom. The largest absolute Gasteiger partial charge is 0.480 e. The van der Waals surface area contributed by atoms with Crippen LogP contribution in [0, 0.1) is 0 Å². The van der Waals surface area contributed by atoms with Crippen LogP contribution in [0.4, 0.5) is 9.59 Å². The topological polar surface area (TPSA) is 114 Å². The minimum absolute atomic E-state index is 0.104. The van der Waals surface area contributed by atoms with Crippen LogP contribution < -0.4 is 10.6 Å². The predicted molar refractivity (Wildman–Crippen MR) is 123 cm³/mol. The molecule has 2 aromatic carbocycles. The van der Waals surface area contributed by atoms with Crippen LogP contribution in [0.5, 0.6) is 0 Å². The molecule has 33 heavy (non-hydrogen) atoms. The van der Waals surface area contributed by atoms with Crippen molar-refractivity contribution >= 4 is 18.2 Å². The molecule has 1 aliphatic carbocycles. The van der Waals surface area contributed by atoms with Gasteiger partial charge in [0, 0.05) is 12.5 Å². The fourth-order valence-electron chi connectivity index (χ4n) is 3.85. The Hall–Kier alpha value is -3.55. The molecular formula is C25H30N2O6. The number of ether oxygens (including phenoxy) is 2. The quantitative estimate of drug-likeness (QED) is 0.513. The number of fused-ring (bicyclic) bond motifs is 3. The fourth-order valence-corrected chi connectivity index (χ4v) is 3.85. The van der Waals surface area contributed by atoms with Gasteiger partial charge in [-0.05, 0) is 55.9 Å². The molecule has 176 valence electrons. The van der Waals surface area contributed by atoms with E-state index in [1.54, 1.807) is 20.8 Å². The summed E-state index contributed by atoms with van der Waals surface area (Å²) in [4.78, 5) is 35.6. The second-order valence-electron chi connectivity index (χ2n) is 8.93. The smallest absolute Gasteiger partial charge is 0.407 e. The maximum absolute atomic E-state index is 12.3. The molecule has 0 heterocycles. The van der Waals surface area contributed by atoms with Gasteiger partial charge in [0.15, 0.2) is 0 Å². The first-order valence-corrected chi connectivity index (χ1v) is 11.0. The first-order chi connectivity index (χ1) is 15.7. The third-order valence-corrected chi connectivity index (χ3v) is 5.27. The van der Waals surface area contributed by atoms with Crippen molar-refractivity contribution in [2.45, 2.75) is 51.2 Å². The highest BCUT2D eigenvalue weighted by Gasteiger charge is 2.29. The molecule has 3 rings (SSSR count). The van der Waals surface area contributed by atoms with Gasteiger partial charge < -0.3 is 25.2 Å². The molecule has 0 aliphatic heterocycles. The Morgan fingerprint density at radius 2 is 1.55 bits per heavy atom. The number of hydrogen-bond donors (Lipinski definition) is 3. The lowest BCUT2D eigenvalue weighted by atomic mass is 9.98. The van der Waals surface area contributed by atoms with Crippen molar-refractivity contribution < 1.29 is 29.0 Å². The summed E-state index contributed by atoms with van der Waals surface area (Å²) < 4.78 is 10.5. The lowest BCUT2D eigenvalue weighted by Gasteiger charge is -2.20. The van der Waals surface area contributed by atoms with Crippen molar-refractivity contribution in [2.75, 3.05) is 13.2 Å². The van der Waals surface area contributed by atoms with Gasteiger partial charge in [-0.2, -0.15) is 0 Å². The van der Waals surface area contributed by atoms with Crippen LogP contribution in [0.3, 0.4) is 0 Å². The number of rotatable bonds is 8. The van der Waals surface area contributed by atoms with E-state index >= 15 is 0 Å². The summed E-state index contributed by atoms with van der Waals surface area (Å²) in [5.41, 5.74) is 3.77. The van der Waals surface area contributed by atoms with Crippen LogP contribution in [-0.4, -0.2) is 48.1 Å². The van der Waals surface area contributed by atoms with Crippen LogP contribution in [-0.2, 0) is 14.3 Å². The molecule has 0 unspecified atom stereocenters. The van der Waals surface area contributed by atoms with Crippen LogP contribution in [0.1, 0.15) is 50.7 Å². The number of benzene rings is 2.